The van der Waals surface area contributed by atoms with E-state index in [9.17, 15) is 14.4 Å². The predicted octanol–water partition coefficient (Wildman–Crippen LogP) is 1.28. The first-order valence-corrected chi connectivity index (χ1v) is 8.07. The summed E-state index contributed by atoms with van der Waals surface area (Å²) in [7, 11) is 0. The number of carbonyl (C=O) groups excluding carboxylic acids is 2. The average molecular weight is 415 g/mol. The summed E-state index contributed by atoms with van der Waals surface area (Å²) < 4.78 is 8.90. The molecule has 10 heteroatoms. The number of aliphatic hydroxyl groups excluding tert-OH is 2. The van der Waals surface area contributed by atoms with Gasteiger partial charge >= 0.3 is 17.9 Å². The highest BCUT2D eigenvalue weighted by molar-refractivity contribution is 6.18. The minimum Gasteiger partial charge on any atom is -0.478 e. The number of carboxylic acids is 1. The molecular formula is C16H24Cl2O8. The summed E-state index contributed by atoms with van der Waals surface area (Å²) in [5.41, 5.74) is 0.176. The van der Waals surface area contributed by atoms with Crippen LogP contribution >= 0.6 is 23.2 Å². The Hall–Kier alpha value is -1.87. The average Bonchev–Trinajstić information content (AvgIpc) is 2.63. The van der Waals surface area contributed by atoms with E-state index in [-0.39, 0.29) is 30.5 Å². The molecule has 0 aliphatic rings. The lowest BCUT2D eigenvalue weighted by Crippen LogP contribution is -2.18. The predicted molar refractivity (Wildman–Crippen MR) is 98.2 cm³/mol. The lowest BCUT2D eigenvalue weighted by Gasteiger charge is -2.04. The zero-order valence-corrected chi connectivity index (χ0v) is 15.9. The minimum atomic E-state index is -0.935. The van der Waals surface area contributed by atoms with Crippen molar-refractivity contribution in [2.75, 3.05) is 25.0 Å². The lowest BCUT2D eigenvalue weighted by molar-refractivity contribution is -0.141. The zero-order chi connectivity index (χ0) is 21.1. The van der Waals surface area contributed by atoms with Gasteiger partial charge in [0.05, 0.1) is 11.8 Å². The van der Waals surface area contributed by atoms with Crippen LogP contribution in [-0.2, 0) is 23.9 Å². The Morgan fingerprint density at radius 2 is 1.23 bits per heavy atom. The summed E-state index contributed by atoms with van der Waals surface area (Å²) in [6.45, 7) is 10.8. The molecule has 0 aromatic carbocycles. The molecule has 0 aromatic rings. The van der Waals surface area contributed by atoms with E-state index in [1.54, 1.807) is 0 Å². The summed E-state index contributed by atoms with van der Waals surface area (Å²) in [5.74, 6) is -1.92. The third kappa shape index (κ3) is 24.4. The molecular weight excluding hydrogens is 391 g/mol. The van der Waals surface area contributed by atoms with Gasteiger partial charge in [-0.05, 0) is 6.92 Å². The molecule has 8 nitrogen and oxygen atoms in total. The monoisotopic (exact) mass is 414 g/mol. The first-order chi connectivity index (χ1) is 12.0. The van der Waals surface area contributed by atoms with Crippen LogP contribution in [0.5, 0.6) is 0 Å². The van der Waals surface area contributed by atoms with Crippen molar-refractivity contribution in [2.24, 2.45) is 0 Å². The molecule has 0 heterocycles. The second kappa shape index (κ2) is 19.5. The number of aliphatic carboxylic acids is 1. The van der Waals surface area contributed by atoms with Crippen molar-refractivity contribution < 1.29 is 39.2 Å². The van der Waals surface area contributed by atoms with Crippen LogP contribution in [0.2, 0.25) is 0 Å². The van der Waals surface area contributed by atoms with E-state index in [1.807, 2.05) is 0 Å². The smallest absolute Gasteiger partial charge is 0.330 e. The number of aliphatic hydroxyl groups is 2. The van der Waals surface area contributed by atoms with E-state index < -0.39 is 30.1 Å². The molecule has 0 aliphatic carbocycles. The van der Waals surface area contributed by atoms with Gasteiger partial charge in [-0.3, -0.25) is 0 Å². The first-order valence-electron chi connectivity index (χ1n) is 7.00. The molecule has 2 atom stereocenters. The maximum atomic E-state index is 10.3. The van der Waals surface area contributed by atoms with Gasteiger partial charge in [-0.1, -0.05) is 19.7 Å². The van der Waals surface area contributed by atoms with Gasteiger partial charge < -0.3 is 24.8 Å². The number of halogens is 2. The van der Waals surface area contributed by atoms with Gasteiger partial charge in [-0.15, -0.1) is 23.2 Å². The highest BCUT2D eigenvalue weighted by Crippen LogP contribution is 1.90. The molecule has 26 heavy (non-hydrogen) atoms. The van der Waals surface area contributed by atoms with Gasteiger partial charge in [0.2, 0.25) is 0 Å². The molecule has 0 aliphatic heterocycles. The van der Waals surface area contributed by atoms with Gasteiger partial charge in [0.1, 0.15) is 25.4 Å². The maximum absolute atomic E-state index is 10.3. The number of hydrogen-bond acceptors (Lipinski definition) is 7. The summed E-state index contributed by atoms with van der Waals surface area (Å²) in [4.78, 5) is 30.3. The number of alkyl halides is 2. The largest absolute Gasteiger partial charge is 0.478 e. The normalized spacial score (nSPS) is 11.1. The summed E-state index contributed by atoms with van der Waals surface area (Å²) in [5, 5.41) is 25.4. The fourth-order valence-corrected chi connectivity index (χ4v) is 0.742. The van der Waals surface area contributed by atoms with Crippen LogP contribution in [0.4, 0.5) is 0 Å². The molecule has 0 radical (unpaired) electrons. The van der Waals surface area contributed by atoms with Crippen molar-refractivity contribution in [3.63, 3.8) is 0 Å². The zero-order valence-electron chi connectivity index (χ0n) is 14.4. The lowest BCUT2D eigenvalue weighted by atomic mass is 10.4. The van der Waals surface area contributed by atoms with Crippen molar-refractivity contribution >= 4 is 41.1 Å². The topological polar surface area (TPSA) is 130 Å². The van der Waals surface area contributed by atoms with Crippen molar-refractivity contribution in [2.45, 2.75) is 19.1 Å². The summed E-state index contributed by atoms with van der Waals surface area (Å²) in [6, 6.07) is 0. The number of carboxylic acid groups (broad SMARTS) is 1. The number of carbonyl (C=O) groups is 3. The Kier molecular flexibility index (Phi) is 21.6. The number of esters is 2. The molecule has 0 amide bonds. The van der Waals surface area contributed by atoms with Gasteiger partial charge in [0, 0.05) is 17.7 Å². The fraction of sp³-hybridized carbons (Fsp3) is 0.438. The second-order valence-corrected chi connectivity index (χ2v) is 4.99. The van der Waals surface area contributed by atoms with E-state index in [0.29, 0.717) is 0 Å². The highest BCUT2D eigenvalue weighted by atomic mass is 35.5. The van der Waals surface area contributed by atoms with Crippen LogP contribution in [0.1, 0.15) is 6.92 Å². The van der Waals surface area contributed by atoms with Crippen LogP contribution in [0.25, 0.3) is 0 Å². The van der Waals surface area contributed by atoms with Crippen LogP contribution in [0, 0.1) is 0 Å². The molecule has 0 saturated heterocycles. The van der Waals surface area contributed by atoms with Gasteiger partial charge in [-0.2, -0.15) is 0 Å². The molecule has 3 N–H and O–H groups in total. The Labute approximate surface area is 162 Å². The van der Waals surface area contributed by atoms with Crippen molar-refractivity contribution in [3.8, 4) is 0 Å². The number of rotatable bonds is 9. The Morgan fingerprint density at radius 3 is 1.38 bits per heavy atom. The number of ether oxygens (including phenoxy) is 2. The highest BCUT2D eigenvalue weighted by Gasteiger charge is 2.04. The number of hydrogen-bond donors (Lipinski definition) is 3. The third-order valence-corrected chi connectivity index (χ3v) is 2.60. The van der Waals surface area contributed by atoms with Crippen molar-refractivity contribution in [1.82, 2.24) is 0 Å². The minimum absolute atomic E-state index is 0.0599. The van der Waals surface area contributed by atoms with Gasteiger partial charge in [0.25, 0.3) is 0 Å². The first kappa shape index (κ1) is 28.9. The summed E-state index contributed by atoms with van der Waals surface area (Å²) in [6.07, 6.45) is 0.484. The molecule has 0 rings (SSSR count). The van der Waals surface area contributed by atoms with E-state index in [4.69, 9.17) is 38.5 Å². The van der Waals surface area contributed by atoms with Crippen LogP contribution in [0.3, 0.4) is 0 Å². The Balaban J connectivity index is -0.000000316. The fourth-order valence-electron chi connectivity index (χ4n) is 0.564. The van der Waals surface area contributed by atoms with Gasteiger partial charge in [0.15, 0.2) is 0 Å². The van der Waals surface area contributed by atoms with Crippen molar-refractivity contribution in [3.05, 3.63) is 37.5 Å². The van der Waals surface area contributed by atoms with Crippen LogP contribution in [0.15, 0.2) is 37.5 Å². The molecule has 0 spiro atoms. The van der Waals surface area contributed by atoms with E-state index in [2.05, 4.69) is 29.2 Å². The van der Waals surface area contributed by atoms with Crippen molar-refractivity contribution in [1.29, 1.82) is 0 Å². The van der Waals surface area contributed by atoms with E-state index in [1.165, 1.54) is 6.92 Å². The second-order valence-electron chi connectivity index (χ2n) is 4.37. The molecule has 0 aromatic heterocycles. The van der Waals surface area contributed by atoms with E-state index >= 15 is 0 Å². The standard InChI is InChI=1S/2C6H9ClO3.C4H6O2/c2*1-2-6(9)10-4-5(8)3-7;1-3(2)4(5)6/h2*2,5,8H,1,3-4H2;1H2,2H3,(H,5,6). The molecule has 0 fully saturated rings. The maximum Gasteiger partial charge on any atom is 0.330 e. The SMILES string of the molecule is C=C(C)C(=O)O.C=CC(=O)OCC(O)CCl.C=CC(=O)OCC(O)CCl. The quantitative estimate of drug-likeness (QED) is 0.292. The van der Waals surface area contributed by atoms with Crippen LogP contribution < -0.4 is 0 Å². The molecule has 0 saturated carbocycles. The molecule has 0 bridgehead atoms. The molecule has 2 unspecified atom stereocenters. The Morgan fingerprint density at radius 1 is 0.962 bits per heavy atom. The van der Waals surface area contributed by atoms with Crippen LogP contribution in [-0.4, -0.2) is 70.4 Å². The van der Waals surface area contributed by atoms with E-state index in [0.717, 1.165) is 12.2 Å². The van der Waals surface area contributed by atoms with Gasteiger partial charge in [-0.25, -0.2) is 14.4 Å². The Bertz CT molecular complexity index is 423. The third-order valence-electron chi connectivity index (χ3n) is 1.89. The summed E-state index contributed by atoms with van der Waals surface area (Å²) >= 11 is 10.4. The molecule has 150 valence electrons.